The van der Waals surface area contributed by atoms with Gasteiger partial charge in [-0.3, -0.25) is 14.8 Å². The highest BCUT2D eigenvalue weighted by Crippen LogP contribution is 2.42. The molecule has 0 unspecified atom stereocenters. The molecule has 0 aliphatic heterocycles. The van der Waals surface area contributed by atoms with E-state index >= 15 is 4.39 Å². The summed E-state index contributed by atoms with van der Waals surface area (Å²) in [5, 5.41) is 10.6. The fourth-order valence-corrected chi connectivity index (χ4v) is 3.22. The Morgan fingerprint density at radius 2 is 1.45 bits per heavy atom. The van der Waals surface area contributed by atoms with Crippen molar-refractivity contribution in [1.82, 2.24) is 5.48 Å². The first-order valence-electron chi connectivity index (χ1n) is 10.3. The van der Waals surface area contributed by atoms with Crippen LogP contribution in [0.3, 0.4) is 0 Å². The molecule has 0 bridgehead atoms. The van der Waals surface area contributed by atoms with Crippen molar-refractivity contribution in [2.24, 2.45) is 0 Å². The third kappa shape index (κ3) is 6.48. The van der Waals surface area contributed by atoms with Gasteiger partial charge in [0.1, 0.15) is 17.1 Å². The molecular weight excluding hydrogens is 571 g/mol. The second-order valence-corrected chi connectivity index (χ2v) is 7.45. The Hall–Kier alpha value is -4.67. The Labute approximate surface area is 216 Å². The van der Waals surface area contributed by atoms with Crippen molar-refractivity contribution in [3.8, 4) is 23.0 Å². The number of halogens is 9. The molecule has 0 radical (unpaired) electrons. The highest BCUT2D eigenvalue weighted by atomic mass is 19.4. The number of methoxy groups -OCH3 is 1. The molecule has 0 heterocycles. The zero-order chi connectivity index (χ0) is 30.0. The number of hydrogen-bond acceptors (Lipinski definition) is 6. The summed E-state index contributed by atoms with van der Waals surface area (Å²) in [6.45, 7) is 0. The van der Waals surface area contributed by atoms with Gasteiger partial charge >= 0.3 is 12.5 Å². The van der Waals surface area contributed by atoms with Crippen molar-refractivity contribution in [1.29, 1.82) is 0 Å². The van der Waals surface area contributed by atoms with E-state index in [0.29, 0.717) is 30.3 Å². The SMILES string of the molecule is COc1c(Oc2ccc(C(F)(F)F)c(F)c2C(=O)Nc2ccc(F)c(C(=O)NO)c2)ccc(OC(F)(F)F)c1F. The molecule has 0 saturated carbocycles. The summed E-state index contributed by atoms with van der Waals surface area (Å²) in [6, 6.07) is 3.83. The number of ether oxygens (including phenoxy) is 3. The van der Waals surface area contributed by atoms with Gasteiger partial charge < -0.3 is 19.5 Å². The summed E-state index contributed by atoms with van der Waals surface area (Å²) in [7, 11) is 0.790. The van der Waals surface area contributed by atoms with Crippen molar-refractivity contribution in [2.75, 3.05) is 12.4 Å². The highest BCUT2D eigenvalue weighted by molar-refractivity contribution is 6.07. The summed E-state index contributed by atoms with van der Waals surface area (Å²) in [4.78, 5) is 24.5. The van der Waals surface area contributed by atoms with Gasteiger partial charge in [0.2, 0.25) is 11.6 Å². The van der Waals surface area contributed by atoms with Crippen LogP contribution in [0.25, 0.3) is 0 Å². The number of anilines is 1. The van der Waals surface area contributed by atoms with E-state index in [2.05, 4.69) is 9.47 Å². The van der Waals surface area contributed by atoms with Crippen molar-refractivity contribution < 1.29 is 68.5 Å². The molecule has 3 N–H and O–H groups in total. The van der Waals surface area contributed by atoms with Crippen LogP contribution in [0.15, 0.2) is 42.5 Å². The van der Waals surface area contributed by atoms with Crippen LogP contribution >= 0.6 is 0 Å². The lowest BCUT2D eigenvalue weighted by Crippen LogP contribution is -2.21. The number of carbonyl (C=O) groups is 2. The lowest BCUT2D eigenvalue weighted by molar-refractivity contribution is -0.275. The van der Waals surface area contributed by atoms with E-state index in [0.717, 1.165) is 18.7 Å². The Morgan fingerprint density at radius 3 is 2.02 bits per heavy atom. The van der Waals surface area contributed by atoms with Gasteiger partial charge in [-0.05, 0) is 42.5 Å². The predicted molar refractivity (Wildman–Crippen MR) is 115 cm³/mol. The topological polar surface area (TPSA) is 106 Å². The van der Waals surface area contributed by atoms with E-state index < -0.39 is 87.2 Å². The van der Waals surface area contributed by atoms with E-state index in [1.54, 1.807) is 0 Å². The molecule has 17 heteroatoms. The number of carbonyl (C=O) groups excluding carboxylic acids is 2. The van der Waals surface area contributed by atoms with Crippen molar-refractivity contribution in [3.63, 3.8) is 0 Å². The van der Waals surface area contributed by atoms with E-state index in [9.17, 15) is 44.7 Å². The standard InChI is InChI=1S/C23H13F9N2O6/c1-38-19-15(7-6-14(18(19)26)40-23(30,31)32)39-13-5-3-11(22(27,28)29)17(25)16(13)21(36)33-9-2-4-12(24)10(8-9)20(35)34-37/h2-8,37H,1H3,(H,33,36)(H,34,35). The number of hydroxylamine groups is 1. The molecule has 3 rings (SSSR count). The largest absolute Gasteiger partial charge is 0.573 e. The maximum atomic E-state index is 15.1. The maximum Gasteiger partial charge on any atom is 0.573 e. The lowest BCUT2D eigenvalue weighted by atomic mass is 10.1. The van der Waals surface area contributed by atoms with Crippen molar-refractivity contribution in [2.45, 2.75) is 12.5 Å². The predicted octanol–water partition coefficient (Wildman–Crippen LogP) is 6.19. The molecule has 2 amide bonds. The number of alkyl halides is 6. The number of amides is 2. The Morgan fingerprint density at radius 1 is 0.825 bits per heavy atom. The Bertz CT molecular complexity index is 1460. The third-order valence-corrected chi connectivity index (χ3v) is 4.88. The Kier molecular flexibility index (Phi) is 8.37. The lowest BCUT2D eigenvalue weighted by Gasteiger charge is -2.18. The molecule has 0 spiro atoms. The van der Waals surface area contributed by atoms with Gasteiger partial charge in [0.05, 0.1) is 18.2 Å². The summed E-state index contributed by atoms with van der Waals surface area (Å²) in [5.41, 5.74) is -3.50. The van der Waals surface area contributed by atoms with Gasteiger partial charge in [0.15, 0.2) is 17.3 Å². The van der Waals surface area contributed by atoms with Crippen LogP contribution in [0.2, 0.25) is 0 Å². The molecule has 0 fully saturated rings. The van der Waals surface area contributed by atoms with Crippen molar-refractivity contribution >= 4 is 17.5 Å². The van der Waals surface area contributed by atoms with Crippen LogP contribution < -0.4 is 25.0 Å². The zero-order valence-corrected chi connectivity index (χ0v) is 19.4. The van der Waals surface area contributed by atoms with Crippen LogP contribution in [-0.4, -0.2) is 30.5 Å². The smallest absolute Gasteiger partial charge is 0.490 e. The zero-order valence-electron chi connectivity index (χ0n) is 19.4. The molecule has 0 saturated heterocycles. The number of benzene rings is 3. The van der Waals surface area contributed by atoms with Crippen LogP contribution in [-0.2, 0) is 6.18 Å². The van der Waals surface area contributed by atoms with Crippen LogP contribution in [0.5, 0.6) is 23.0 Å². The van der Waals surface area contributed by atoms with Gasteiger partial charge in [-0.2, -0.15) is 17.6 Å². The van der Waals surface area contributed by atoms with E-state index in [1.807, 2.05) is 5.32 Å². The molecule has 0 aliphatic carbocycles. The van der Waals surface area contributed by atoms with Gasteiger partial charge in [-0.25, -0.2) is 14.3 Å². The first-order chi connectivity index (χ1) is 18.6. The second kappa shape index (κ2) is 11.2. The van der Waals surface area contributed by atoms with E-state index in [4.69, 9.17) is 9.94 Å². The molecule has 0 atom stereocenters. The molecule has 40 heavy (non-hydrogen) atoms. The number of rotatable bonds is 7. The van der Waals surface area contributed by atoms with Crippen molar-refractivity contribution in [3.05, 3.63) is 76.6 Å². The minimum atomic E-state index is -5.32. The van der Waals surface area contributed by atoms with Gasteiger partial charge in [-0.1, -0.05) is 0 Å². The molecule has 8 nitrogen and oxygen atoms in total. The molecule has 3 aromatic carbocycles. The first-order valence-corrected chi connectivity index (χ1v) is 10.3. The molecule has 3 aromatic rings. The quantitative estimate of drug-likeness (QED) is 0.174. The van der Waals surface area contributed by atoms with E-state index in [1.165, 1.54) is 0 Å². The van der Waals surface area contributed by atoms with Gasteiger partial charge in [0, 0.05) is 5.69 Å². The van der Waals surface area contributed by atoms with Gasteiger partial charge in [0.25, 0.3) is 11.8 Å². The monoisotopic (exact) mass is 584 g/mol. The average Bonchev–Trinajstić information content (AvgIpc) is 2.85. The minimum Gasteiger partial charge on any atom is -0.490 e. The van der Waals surface area contributed by atoms with Crippen LogP contribution in [0.1, 0.15) is 26.3 Å². The molecule has 0 aromatic heterocycles. The summed E-state index contributed by atoms with van der Waals surface area (Å²) < 4.78 is 134. The van der Waals surface area contributed by atoms with Gasteiger partial charge in [-0.15, -0.1) is 13.2 Å². The fraction of sp³-hybridized carbons (Fsp3) is 0.130. The molecule has 0 aliphatic rings. The summed E-state index contributed by atoms with van der Waals surface area (Å²) in [6.07, 6.45) is -10.6. The molecule has 214 valence electrons. The number of hydrogen-bond donors (Lipinski definition) is 3. The summed E-state index contributed by atoms with van der Waals surface area (Å²) >= 11 is 0. The normalized spacial score (nSPS) is 11.6. The van der Waals surface area contributed by atoms with Crippen LogP contribution in [0.4, 0.5) is 45.2 Å². The van der Waals surface area contributed by atoms with Crippen LogP contribution in [0, 0.1) is 17.5 Å². The Balaban J connectivity index is 2.10. The minimum absolute atomic E-state index is 0.174. The second-order valence-electron chi connectivity index (χ2n) is 7.45. The average molecular weight is 584 g/mol. The first kappa shape index (κ1) is 29.9. The molecular formula is C23H13F9N2O6. The summed E-state index contributed by atoms with van der Waals surface area (Å²) in [5.74, 6) is -12.3. The highest BCUT2D eigenvalue weighted by Gasteiger charge is 2.38. The number of nitrogens with one attached hydrogen (secondary N) is 2. The van der Waals surface area contributed by atoms with E-state index in [-0.39, 0.29) is 6.07 Å². The maximum absolute atomic E-state index is 15.1. The fourth-order valence-electron chi connectivity index (χ4n) is 3.22. The third-order valence-electron chi connectivity index (χ3n) is 4.88.